The third-order valence-corrected chi connectivity index (χ3v) is 2.71. The molecule has 1 aromatic rings. The van der Waals surface area contributed by atoms with Crippen molar-refractivity contribution in [2.45, 2.75) is 32.4 Å². The Kier molecular flexibility index (Phi) is 4.62. The van der Waals surface area contributed by atoms with Crippen LogP contribution in [0.5, 0.6) is 0 Å². The van der Waals surface area contributed by atoms with Crippen LogP contribution in [-0.2, 0) is 0 Å². The Balaban J connectivity index is 2.70. The van der Waals surface area contributed by atoms with Crippen molar-refractivity contribution >= 4 is 23.2 Å². The molecule has 0 heterocycles. The standard InChI is InChI=1S/C12H17Cl2NO/c1-12(2,3)15-7-11(16)9-5-4-8(13)6-10(9)14/h4-6,11,15-16H,7H2,1-3H3. The molecule has 2 N–H and O–H groups in total. The first-order chi connectivity index (χ1) is 7.29. The highest BCUT2D eigenvalue weighted by molar-refractivity contribution is 6.35. The maximum atomic E-state index is 9.97. The lowest BCUT2D eigenvalue weighted by Crippen LogP contribution is -2.38. The third kappa shape index (κ3) is 4.30. The Bertz CT molecular complexity index is 361. The lowest BCUT2D eigenvalue weighted by atomic mass is 10.1. The van der Waals surface area contributed by atoms with Crippen LogP contribution in [0, 0.1) is 0 Å². The minimum Gasteiger partial charge on any atom is -0.387 e. The molecule has 0 amide bonds. The predicted octanol–water partition coefficient (Wildman–Crippen LogP) is 3.41. The van der Waals surface area contributed by atoms with Gasteiger partial charge in [0.2, 0.25) is 0 Å². The molecule has 1 rings (SSSR count). The molecule has 90 valence electrons. The fraction of sp³-hybridized carbons (Fsp3) is 0.500. The fourth-order valence-corrected chi connectivity index (χ4v) is 1.82. The molecule has 0 aromatic heterocycles. The van der Waals surface area contributed by atoms with Crippen molar-refractivity contribution in [2.24, 2.45) is 0 Å². The Hall–Kier alpha value is -0.280. The number of aliphatic hydroxyl groups excluding tert-OH is 1. The van der Waals surface area contributed by atoms with E-state index in [1.807, 2.05) is 20.8 Å². The quantitative estimate of drug-likeness (QED) is 0.874. The van der Waals surface area contributed by atoms with Crippen LogP contribution < -0.4 is 5.32 Å². The third-order valence-electron chi connectivity index (χ3n) is 2.15. The number of hydrogen-bond donors (Lipinski definition) is 2. The first-order valence-electron chi connectivity index (χ1n) is 5.17. The summed E-state index contributed by atoms with van der Waals surface area (Å²) in [7, 11) is 0. The zero-order valence-electron chi connectivity index (χ0n) is 9.72. The Morgan fingerprint density at radius 2 is 1.94 bits per heavy atom. The molecule has 0 fully saturated rings. The Morgan fingerprint density at radius 1 is 1.31 bits per heavy atom. The molecule has 0 bridgehead atoms. The van der Waals surface area contributed by atoms with Gasteiger partial charge in [-0.15, -0.1) is 0 Å². The molecule has 0 radical (unpaired) electrons. The summed E-state index contributed by atoms with van der Waals surface area (Å²) in [5.74, 6) is 0. The molecule has 0 aliphatic heterocycles. The van der Waals surface area contributed by atoms with Gasteiger partial charge in [0.15, 0.2) is 0 Å². The van der Waals surface area contributed by atoms with Crippen molar-refractivity contribution in [2.75, 3.05) is 6.54 Å². The number of aliphatic hydroxyl groups is 1. The zero-order chi connectivity index (χ0) is 12.3. The molecule has 1 aromatic carbocycles. The second kappa shape index (κ2) is 5.37. The molecule has 0 saturated heterocycles. The number of hydrogen-bond acceptors (Lipinski definition) is 2. The first kappa shape index (κ1) is 13.8. The van der Waals surface area contributed by atoms with Gasteiger partial charge in [0.05, 0.1) is 6.10 Å². The van der Waals surface area contributed by atoms with Crippen LogP contribution in [0.25, 0.3) is 0 Å². The monoisotopic (exact) mass is 261 g/mol. The average Bonchev–Trinajstić information content (AvgIpc) is 2.13. The minimum absolute atomic E-state index is 0.0279. The minimum atomic E-state index is -0.621. The van der Waals surface area contributed by atoms with Crippen LogP contribution in [0.15, 0.2) is 18.2 Å². The molecule has 0 spiro atoms. The predicted molar refractivity (Wildman–Crippen MR) is 69.2 cm³/mol. The van der Waals surface area contributed by atoms with Crippen LogP contribution in [0.4, 0.5) is 0 Å². The smallest absolute Gasteiger partial charge is 0.0928 e. The summed E-state index contributed by atoms with van der Waals surface area (Å²) in [4.78, 5) is 0. The van der Waals surface area contributed by atoms with Crippen molar-refractivity contribution in [1.29, 1.82) is 0 Å². The second-order valence-electron chi connectivity index (χ2n) is 4.81. The van der Waals surface area contributed by atoms with E-state index in [2.05, 4.69) is 5.32 Å². The van der Waals surface area contributed by atoms with E-state index in [0.717, 1.165) is 0 Å². The van der Waals surface area contributed by atoms with E-state index in [1.54, 1.807) is 18.2 Å². The van der Waals surface area contributed by atoms with Crippen LogP contribution in [0.3, 0.4) is 0 Å². The summed E-state index contributed by atoms with van der Waals surface area (Å²) >= 11 is 11.8. The van der Waals surface area contributed by atoms with Gasteiger partial charge in [-0.05, 0) is 32.9 Å². The van der Waals surface area contributed by atoms with Crippen LogP contribution in [0.1, 0.15) is 32.4 Å². The highest BCUT2D eigenvalue weighted by Crippen LogP contribution is 2.26. The SMILES string of the molecule is CC(C)(C)NCC(O)c1ccc(Cl)cc1Cl. The van der Waals surface area contributed by atoms with Crippen LogP contribution in [-0.4, -0.2) is 17.2 Å². The van der Waals surface area contributed by atoms with Gasteiger partial charge in [0, 0.05) is 27.7 Å². The zero-order valence-corrected chi connectivity index (χ0v) is 11.2. The number of β-amino-alcohol motifs (C(OH)–C–C–N with tert-alkyl or cyclic N) is 1. The Morgan fingerprint density at radius 3 is 2.44 bits per heavy atom. The van der Waals surface area contributed by atoms with Crippen LogP contribution in [0.2, 0.25) is 10.0 Å². The Labute approximate surface area is 107 Å². The topological polar surface area (TPSA) is 32.3 Å². The normalized spacial score (nSPS) is 13.9. The largest absolute Gasteiger partial charge is 0.387 e. The molecular weight excluding hydrogens is 245 g/mol. The summed E-state index contributed by atoms with van der Waals surface area (Å²) in [6.45, 7) is 6.60. The van der Waals surface area contributed by atoms with Gasteiger partial charge in [-0.25, -0.2) is 0 Å². The molecule has 0 aliphatic carbocycles. The highest BCUT2D eigenvalue weighted by atomic mass is 35.5. The van der Waals surface area contributed by atoms with Crippen molar-refractivity contribution < 1.29 is 5.11 Å². The average molecular weight is 262 g/mol. The molecule has 4 heteroatoms. The molecule has 0 aliphatic rings. The molecule has 2 nitrogen and oxygen atoms in total. The number of nitrogens with one attached hydrogen (secondary N) is 1. The van der Waals surface area contributed by atoms with E-state index < -0.39 is 6.10 Å². The van der Waals surface area contributed by atoms with Gasteiger partial charge in [-0.2, -0.15) is 0 Å². The highest BCUT2D eigenvalue weighted by Gasteiger charge is 2.15. The summed E-state index contributed by atoms with van der Waals surface area (Å²) in [5, 5.41) is 14.3. The van der Waals surface area contributed by atoms with Gasteiger partial charge in [-0.1, -0.05) is 29.3 Å². The number of benzene rings is 1. The van der Waals surface area contributed by atoms with Gasteiger partial charge in [-0.3, -0.25) is 0 Å². The summed E-state index contributed by atoms with van der Waals surface area (Å²) < 4.78 is 0. The maximum Gasteiger partial charge on any atom is 0.0928 e. The number of halogens is 2. The lowest BCUT2D eigenvalue weighted by molar-refractivity contribution is 0.163. The van der Waals surface area contributed by atoms with Crippen molar-refractivity contribution in [3.8, 4) is 0 Å². The van der Waals surface area contributed by atoms with Gasteiger partial charge in [0.1, 0.15) is 0 Å². The van der Waals surface area contributed by atoms with Gasteiger partial charge >= 0.3 is 0 Å². The van der Waals surface area contributed by atoms with E-state index in [9.17, 15) is 5.11 Å². The molecular formula is C12H17Cl2NO. The first-order valence-corrected chi connectivity index (χ1v) is 5.93. The second-order valence-corrected chi connectivity index (χ2v) is 5.66. The van der Waals surface area contributed by atoms with Crippen molar-refractivity contribution in [3.63, 3.8) is 0 Å². The van der Waals surface area contributed by atoms with Gasteiger partial charge < -0.3 is 10.4 Å². The summed E-state index contributed by atoms with van der Waals surface area (Å²) in [6.07, 6.45) is -0.621. The molecule has 0 saturated carbocycles. The lowest BCUT2D eigenvalue weighted by Gasteiger charge is -2.23. The van der Waals surface area contributed by atoms with E-state index in [4.69, 9.17) is 23.2 Å². The van der Waals surface area contributed by atoms with E-state index in [1.165, 1.54) is 0 Å². The summed E-state index contributed by atoms with van der Waals surface area (Å²) in [6, 6.07) is 5.11. The van der Waals surface area contributed by atoms with Crippen LogP contribution >= 0.6 is 23.2 Å². The summed E-state index contributed by atoms with van der Waals surface area (Å²) in [5.41, 5.74) is 0.669. The van der Waals surface area contributed by atoms with E-state index >= 15 is 0 Å². The maximum absolute atomic E-state index is 9.97. The van der Waals surface area contributed by atoms with E-state index in [0.29, 0.717) is 22.2 Å². The fourth-order valence-electron chi connectivity index (χ4n) is 1.28. The molecule has 16 heavy (non-hydrogen) atoms. The van der Waals surface area contributed by atoms with Crippen molar-refractivity contribution in [3.05, 3.63) is 33.8 Å². The molecule has 1 atom stereocenters. The van der Waals surface area contributed by atoms with Gasteiger partial charge in [0.25, 0.3) is 0 Å². The molecule has 1 unspecified atom stereocenters. The van der Waals surface area contributed by atoms with Crippen molar-refractivity contribution in [1.82, 2.24) is 5.32 Å². The number of rotatable bonds is 3. The van der Waals surface area contributed by atoms with E-state index in [-0.39, 0.29) is 5.54 Å².